The topological polar surface area (TPSA) is 73.6 Å². The van der Waals surface area contributed by atoms with E-state index in [1.54, 1.807) is 25.1 Å². The van der Waals surface area contributed by atoms with Gasteiger partial charge in [0, 0.05) is 11.6 Å². The molecule has 0 heterocycles. The second-order valence-electron chi connectivity index (χ2n) is 5.20. The minimum Gasteiger partial charge on any atom is -0.397 e. The quantitative estimate of drug-likeness (QED) is 0.571. The van der Waals surface area contributed by atoms with Crippen LogP contribution in [0.3, 0.4) is 0 Å². The molecule has 1 atom stereocenters. The van der Waals surface area contributed by atoms with Crippen LogP contribution >= 0.6 is 11.6 Å². The fourth-order valence-corrected chi connectivity index (χ4v) is 1.72. The van der Waals surface area contributed by atoms with Crippen molar-refractivity contribution >= 4 is 28.9 Å². The van der Waals surface area contributed by atoms with Crippen LogP contribution in [0.1, 0.15) is 20.8 Å². The molecule has 118 valence electrons. The van der Waals surface area contributed by atoms with Gasteiger partial charge in [0.05, 0.1) is 24.6 Å². The Morgan fingerprint density at radius 2 is 2.05 bits per heavy atom. The van der Waals surface area contributed by atoms with E-state index < -0.39 is 6.10 Å². The molecule has 1 aromatic rings. The van der Waals surface area contributed by atoms with Crippen molar-refractivity contribution < 1.29 is 14.3 Å². The summed E-state index contributed by atoms with van der Waals surface area (Å²) in [7, 11) is 0. The molecule has 1 rings (SSSR count). The molecule has 0 fully saturated rings. The molecule has 0 saturated heterocycles. The summed E-state index contributed by atoms with van der Waals surface area (Å²) in [5.74, 6) is 0.212. The lowest BCUT2D eigenvalue weighted by Gasteiger charge is -2.15. The zero-order chi connectivity index (χ0) is 15.8. The lowest BCUT2D eigenvalue weighted by molar-refractivity contribution is -0.127. The average Bonchev–Trinajstić information content (AvgIpc) is 2.41. The van der Waals surface area contributed by atoms with Gasteiger partial charge in [0.15, 0.2) is 0 Å². The molecule has 1 amide bonds. The van der Waals surface area contributed by atoms with E-state index in [4.69, 9.17) is 26.8 Å². The Morgan fingerprint density at radius 3 is 2.71 bits per heavy atom. The number of ether oxygens (including phenoxy) is 2. The molecule has 0 aliphatic carbocycles. The zero-order valence-electron chi connectivity index (χ0n) is 12.7. The molecule has 1 unspecified atom stereocenters. The van der Waals surface area contributed by atoms with Crippen LogP contribution in [0.5, 0.6) is 0 Å². The summed E-state index contributed by atoms with van der Waals surface area (Å²) in [5.41, 5.74) is 6.72. The first kappa shape index (κ1) is 17.8. The van der Waals surface area contributed by atoms with Crippen LogP contribution in [-0.4, -0.2) is 31.8 Å². The number of hydrogen-bond acceptors (Lipinski definition) is 4. The summed E-state index contributed by atoms with van der Waals surface area (Å²) in [5, 5.41) is 3.21. The van der Waals surface area contributed by atoms with Gasteiger partial charge in [-0.1, -0.05) is 25.4 Å². The average molecular weight is 315 g/mol. The number of nitrogens with two attached hydrogens (primary N) is 1. The second kappa shape index (κ2) is 8.87. The highest BCUT2D eigenvalue weighted by atomic mass is 35.5. The third-order valence-electron chi connectivity index (χ3n) is 2.69. The van der Waals surface area contributed by atoms with Gasteiger partial charge >= 0.3 is 0 Å². The molecule has 21 heavy (non-hydrogen) atoms. The van der Waals surface area contributed by atoms with E-state index in [0.29, 0.717) is 42.1 Å². The Hall–Kier alpha value is -1.30. The number of carbonyl (C=O) groups excluding carboxylic acids is 1. The monoisotopic (exact) mass is 314 g/mol. The first-order valence-corrected chi connectivity index (χ1v) is 7.33. The van der Waals surface area contributed by atoms with E-state index in [-0.39, 0.29) is 5.91 Å². The van der Waals surface area contributed by atoms with Crippen LogP contribution in [0.15, 0.2) is 18.2 Å². The van der Waals surface area contributed by atoms with E-state index >= 15 is 0 Å². The van der Waals surface area contributed by atoms with Gasteiger partial charge in [-0.05, 0) is 31.0 Å². The molecule has 0 aliphatic heterocycles. The number of hydrogen-bond donors (Lipinski definition) is 2. The number of halogens is 1. The molecule has 0 radical (unpaired) electrons. The Labute approximate surface area is 130 Å². The van der Waals surface area contributed by atoms with E-state index in [2.05, 4.69) is 19.2 Å². The van der Waals surface area contributed by atoms with Crippen molar-refractivity contribution in [3.8, 4) is 0 Å². The van der Waals surface area contributed by atoms with Crippen molar-refractivity contribution in [2.75, 3.05) is 30.9 Å². The molecule has 0 saturated carbocycles. The van der Waals surface area contributed by atoms with Gasteiger partial charge in [0.1, 0.15) is 6.10 Å². The maximum Gasteiger partial charge on any atom is 0.253 e. The lowest BCUT2D eigenvalue weighted by atomic mass is 10.2. The summed E-state index contributed by atoms with van der Waals surface area (Å²) in [6, 6.07) is 4.91. The number of amides is 1. The van der Waals surface area contributed by atoms with Gasteiger partial charge in [-0.25, -0.2) is 0 Å². The van der Waals surface area contributed by atoms with Gasteiger partial charge in [-0.2, -0.15) is 0 Å². The molecule has 0 aromatic heterocycles. The zero-order valence-corrected chi connectivity index (χ0v) is 13.4. The lowest BCUT2D eigenvalue weighted by Crippen LogP contribution is -2.29. The highest BCUT2D eigenvalue weighted by Crippen LogP contribution is 2.23. The van der Waals surface area contributed by atoms with Crippen LogP contribution in [0, 0.1) is 5.92 Å². The largest absolute Gasteiger partial charge is 0.397 e. The third-order valence-corrected chi connectivity index (χ3v) is 2.92. The fourth-order valence-electron chi connectivity index (χ4n) is 1.55. The van der Waals surface area contributed by atoms with E-state index in [9.17, 15) is 4.79 Å². The van der Waals surface area contributed by atoms with Crippen molar-refractivity contribution in [1.82, 2.24) is 0 Å². The number of benzene rings is 1. The predicted octanol–water partition coefficient (Wildman–Crippen LogP) is 2.94. The molecule has 0 aliphatic rings. The molecule has 1 aromatic carbocycles. The summed E-state index contributed by atoms with van der Waals surface area (Å²) in [6.07, 6.45) is -0.592. The van der Waals surface area contributed by atoms with Gasteiger partial charge in [-0.15, -0.1) is 0 Å². The Morgan fingerprint density at radius 1 is 1.33 bits per heavy atom. The normalized spacial score (nSPS) is 12.4. The number of carbonyl (C=O) groups is 1. The van der Waals surface area contributed by atoms with Crippen molar-refractivity contribution in [2.45, 2.75) is 26.9 Å². The Balaban J connectivity index is 2.35. The molecule has 0 spiro atoms. The van der Waals surface area contributed by atoms with Gasteiger partial charge in [0.25, 0.3) is 5.91 Å². The van der Waals surface area contributed by atoms with E-state index in [1.165, 1.54) is 0 Å². The highest BCUT2D eigenvalue weighted by Gasteiger charge is 2.14. The maximum atomic E-state index is 12.0. The fraction of sp³-hybridized carbons (Fsp3) is 0.533. The molecular formula is C15H23ClN2O3. The van der Waals surface area contributed by atoms with Crippen molar-refractivity contribution in [3.05, 3.63) is 23.2 Å². The number of anilines is 2. The molecule has 6 heteroatoms. The smallest absolute Gasteiger partial charge is 0.253 e. The first-order chi connectivity index (χ1) is 9.90. The predicted molar refractivity (Wildman–Crippen MR) is 85.6 cm³/mol. The van der Waals surface area contributed by atoms with Gasteiger partial charge in [0.2, 0.25) is 0 Å². The van der Waals surface area contributed by atoms with Crippen LogP contribution in [0.25, 0.3) is 0 Å². The summed E-state index contributed by atoms with van der Waals surface area (Å²) >= 11 is 5.87. The van der Waals surface area contributed by atoms with Crippen molar-refractivity contribution in [1.29, 1.82) is 0 Å². The van der Waals surface area contributed by atoms with E-state index in [1.807, 2.05) is 0 Å². The second-order valence-corrected chi connectivity index (χ2v) is 5.64. The molecule has 0 bridgehead atoms. The van der Waals surface area contributed by atoms with Crippen LogP contribution in [-0.2, 0) is 14.3 Å². The first-order valence-electron chi connectivity index (χ1n) is 6.95. The molecule has 3 N–H and O–H groups in total. The number of nitrogen functional groups attached to an aromatic ring is 1. The Bertz CT molecular complexity index is 466. The van der Waals surface area contributed by atoms with Crippen molar-refractivity contribution in [2.24, 2.45) is 5.92 Å². The summed E-state index contributed by atoms with van der Waals surface area (Å²) < 4.78 is 10.8. The molecular weight excluding hydrogens is 292 g/mol. The maximum absolute atomic E-state index is 12.0. The standard InChI is InChI=1S/C15H23ClN2O3/c1-10(2)9-20-6-7-21-11(3)15(19)18-14-8-12(16)4-5-13(14)17/h4-5,8,10-11H,6-7,9,17H2,1-3H3,(H,18,19). The minimum atomic E-state index is -0.592. The molecule has 5 nitrogen and oxygen atoms in total. The minimum absolute atomic E-state index is 0.271. The van der Waals surface area contributed by atoms with Crippen LogP contribution in [0.4, 0.5) is 11.4 Å². The third kappa shape index (κ3) is 6.80. The van der Waals surface area contributed by atoms with Gasteiger partial charge < -0.3 is 20.5 Å². The van der Waals surface area contributed by atoms with Gasteiger partial charge in [-0.3, -0.25) is 4.79 Å². The number of rotatable bonds is 8. The number of nitrogens with one attached hydrogen (secondary N) is 1. The van der Waals surface area contributed by atoms with Crippen LogP contribution in [0.2, 0.25) is 5.02 Å². The highest BCUT2D eigenvalue weighted by molar-refractivity contribution is 6.31. The summed E-state index contributed by atoms with van der Waals surface area (Å²) in [6.45, 7) is 7.35. The van der Waals surface area contributed by atoms with Crippen LogP contribution < -0.4 is 11.1 Å². The SMILES string of the molecule is CC(C)COCCOC(C)C(=O)Nc1cc(Cl)ccc1N. The van der Waals surface area contributed by atoms with Crippen molar-refractivity contribution in [3.63, 3.8) is 0 Å². The van der Waals surface area contributed by atoms with E-state index in [0.717, 1.165) is 0 Å². The Kier molecular flexibility index (Phi) is 7.50. The summed E-state index contributed by atoms with van der Waals surface area (Å²) in [4.78, 5) is 12.0.